The quantitative estimate of drug-likeness (QED) is 0.426. The van der Waals surface area contributed by atoms with Gasteiger partial charge < -0.3 is 9.16 Å². The Morgan fingerprint density at radius 3 is 2.32 bits per heavy atom. The molecule has 0 aromatic heterocycles. The number of benzene rings is 1. The summed E-state index contributed by atoms with van der Waals surface area (Å²) in [4.78, 5) is 11.6. The van der Waals surface area contributed by atoms with Crippen LogP contribution < -0.4 is 0 Å². The molecule has 122 valence electrons. The number of hydrogen-bond donors (Lipinski definition) is 0. The zero-order chi connectivity index (χ0) is 16.8. The molecule has 1 atom stereocenters. The summed E-state index contributed by atoms with van der Waals surface area (Å²) in [6.07, 6.45) is 3.04. The van der Waals surface area contributed by atoms with Gasteiger partial charge in [-0.25, -0.2) is 4.79 Å². The summed E-state index contributed by atoms with van der Waals surface area (Å²) in [5.74, 6) is -0.331. The van der Waals surface area contributed by atoms with E-state index >= 15 is 0 Å². The van der Waals surface area contributed by atoms with Crippen LogP contribution in [-0.2, 0) is 14.0 Å². The number of carbonyl (C=O) groups excluding carboxylic acids is 1. The summed E-state index contributed by atoms with van der Waals surface area (Å²) in [6.45, 7) is 13.2. The van der Waals surface area contributed by atoms with Gasteiger partial charge in [0.2, 0.25) is 0 Å². The van der Waals surface area contributed by atoms with E-state index in [-0.39, 0.29) is 17.1 Å². The number of rotatable bonds is 6. The van der Waals surface area contributed by atoms with E-state index in [1.54, 1.807) is 13.0 Å². The van der Waals surface area contributed by atoms with Gasteiger partial charge in [0.1, 0.15) is 0 Å². The first-order valence-corrected chi connectivity index (χ1v) is 10.7. The predicted molar refractivity (Wildman–Crippen MR) is 93.2 cm³/mol. The van der Waals surface area contributed by atoms with Crippen molar-refractivity contribution in [2.45, 2.75) is 51.9 Å². The minimum atomic E-state index is -1.94. The van der Waals surface area contributed by atoms with Gasteiger partial charge in [-0.15, -0.1) is 0 Å². The van der Waals surface area contributed by atoms with E-state index in [4.69, 9.17) is 9.16 Å². The molecule has 0 saturated carbocycles. The maximum absolute atomic E-state index is 11.6. The zero-order valence-electron chi connectivity index (χ0n) is 14.6. The van der Waals surface area contributed by atoms with Gasteiger partial charge in [0.25, 0.3) is 0 Å². The molecule has 0 amide bonds. The summed E-state index contributed by atoms with van der Waals surface area (Å²) in [6, 6.07) is 9.98. The lowest BCUT2D eigenvalue weighted by atomic mass is 10.1. The Morgan fingerprint density at radius 1 is 1.23 bits per heavy atom. The van der Waals surface area contributed by atoms with Crippen LogP contribution in [0.1, 0.15) is 39.4 Å². The fourth-order valence-corrected chi connectivity index (χ4v) is 2.91. The van der Waals surface area contributed by atoms with Crippen molar-refractivity contribution in [2.75, 3.05) is 6.61 Å². The van der Waals surface area contributed by atoms with E-state index < -0.39 is 8.32 Å². The predicted octanol–water partition coefficient (Wildman–Crippen LogP) is 4.87. The smallest absolute Gasteiger partial charge is 0.330 e. The van der Waals surface area contributed by atoms with E-state index in [2.05, 4.69) is 33.9 Å². The Morgan fingerprint density at radius 2 is 1.82 bits per heavy atom. The van der Waals surface area contributed by atoms with Crippen molar-refractivity contribution in [1.29, 1.82) is 0 Å². The molecule has 0 bridgehead atoms. The van der Waals surface area contributed by atoms with Crippen LogP contribution in [0, 0.1) is 0 Å². The average Bonchev–Trinajstić information content (AvgIpc) is 2.43. The molecular formula is C18H28O3Si. The van der Waals surface area contributed by atoms with Gasteiger partial charge in [0.05, 0.1) is 12.7 Å². The largest absolute Gasteiger partial charge is 0.463 e. The molecule has 0 fully saturated rings. The van der Waals surface area contributed by atoms with Crippen LogP contribution in [0.15, 0.2) is 42.5 Å². The third-order valence-corrected chi connectivity index (χ3v) is 8.51. The minimum absolute atomic E-state index is 0.109. The Labute approximate surface area is 135 Å². The van der Waals surface area contributed by atoms with Crippen LogP contribution in [0.3, 0.4) is 0 Å². The Balaban J connectivity index is 3.01. The van der Waals surface area contributed by atoms with E-state index in [1.165, 1.54) is 6.08 Å². The van der Waals surface area contributed by atoms with Crippen LogP contribution in [0.5, 0.6) is 0 Å². The van der Waals surface area contributed by atoms with Crippen molar-refractivity contribution in [2.24, 2.45) is 0 Å². The SMILES string of the molecule is CCOC(=O)/C=C/[C@H](O[Si](C)(C)C(C)(C)C)c1ccccc1. The third-order valence-electron chi connectivity index (χ3n) is 4.05. The Bertz CT molecular complexity index is 501. The average molecular weight is 321 g/mol. The first kappa shape index (κ1) is 18.7. The van der Waals surface area contributed by atoms with Gasteiger partial charge in [0, 0.05) is 6.08 Å². The number of esters is 1. The Hall–Kier alpha value is -1.39. The van der Waals surface area contributed by atoms with Crippen molar-refractivity contribution < 1.29 is 14.0 Å². The molecule has 0 aliphatic carbocycles. The summed E-state index contributed by atoms with van der Waals surface area (Å²) in [7, 11) is -1.94. The highest BCUT2D eigenvalue weighted by Crippen LogP contribution is 2.40. The van der Waals surface area contributed by atoms with E-state index in [1.807, 2.05) is 30.3 Å². The van der Waals surface area contributed by atoms with Gasteiger partial charge >= 0.3 is 5.97 Å². The van der Waals surface area contributed by atoms with Gasteiger partial charge in [-0.05, 0) is 36.7 Å². The van der Waals surface area contributed by atoms with Crippen molar-refractivity contribution in [3.8, 4) is 0 Å². The highest BCUT2D eigenvalue weighted by atomic mass is 28.4. The standard InChI is InChI=1S/C18H28O3Si/c1-7-20-17(19)14-13-16(15-11-9-8-10-12-15)21-22(5,6)18(2,3)4/h8-14,16H,7H2,1-6H3/b14-13+/t16-/m0/s1. The van der Waals surface area contributed by atoms with Crippen molar-refractivity contribution >= 4 is 14.3 Å². The van der Waals surface area contributed by atoms with Gasteiger partial charge in [-0.3, -0.25) is 0 Å². The highest BCUT2D eigenvalue weighted by molar-refractivity contribution is 6.74. The minimum Gasteiger partial charge on any atom is -0.463 e. The molecule has 0 spiro atoms. The maximum Gasteiger partial charge on any atom is 0.330 e. The van der Waals surface area contributed by atoms with Crippen LogP contribution in [0.4, 0.5) is 0 Å². The fourth-order valence-electron chi connectivity index (χ4n) is 1.71. The molecule has 1 aromatic carbocycles. The van der Waals surface area contributed by atoms with Gasteiger partial charge in [-0.1, -0.05) is 51.1 Å². The van der Waals surface area contributed by atoms with Crippen LogP contribution >= 0.6 is 0 Å². The van der Waals surface area contributed by atoms with Crippen molar-refractivity contribution in [3.05, 3.63) is 48.0 Å². The lowest BCUT2D eigenvalue weighted by Crippen LogP contribution is -2.41. The molecule has 0 N–H and O–H groups in total. The van der Waals surface area contributed by atoms with Crippen molar-refractivity contribution in [1.82, 2.24) is 0 Å². The first-order valence-electron chi connectivity index (χ1n) is 7.75. The van der Waals surface area contributed by atoms with E-state index in [9.17, 15) is 4.79 Å². The summed E-state index contributed by atoms with van der Waals surface area (Å²) in [5.41, 5.74) is 1.05. The second-order valence-electron chi connectivity index (χ2n) is 6.82. The number of hydrogen-bond acceptors (Lipinski definition) is 3. The molecule has 0 radical (unpaired) electrons. The first-order chi connectivity index (χ1) is 10.2. The summed E-state index contributed by atoms with van der Waals surface area (Å²) >= 11 is 0. The molecule has 3 nitrogen and oxygen atoms in total. The van der Waals surface area contributed by atoms with Crippen LogP contribution in [0.25, 0.3) is 0 Å². The molecular weight excluding hydrogens is 292 g/mol. The molecule has 22 heavy (non-hydrogen) atoms. The molecule has 0 saturated heterocycles. The molecule has 0 heterocycles. The lowest BCUT2D eigenvalue weighted by Gasteiger charge is -2.38. The normalized spacial score (nSPS) is 14.1. The molecule has 4 heteroatoms. The number of carbonyl (C=O) groups is 1. The maximum atomic E-state index is 11.6. The molecule has 0 unspecified atom stereocenters. The Kier molecular flexibility index (Phi) is 6.57. The van der Waals surface area contributed by atoms with Gasteiger partial charge in [0.15, 0.2) is 8.32 Å². The molecule has 0 aliphatic heterocycles. The second-order valence-corrected chi connectivity index (χ2v) is 11.6. The summed E-state index contributed by atoms with van der Waals surface area (Å²) in [5, 5.41) is 0.109. The van der Waals surface area contributed by atoms with Crippen LogP contribution in [-0.4, -0.2) is 20.9 Å². The molecule has 0 aliphatic rings. The molecule has 1 rings (SSSR count). The lowest BCUT2D eigenvalue weighted by molar-refractivity contribution is -0.137. The monoisotopic (exact) mass is 320 g/mol. The highest BCUT2D eigenvalue weighted by Gasteiger charge is 2.39. The van der Waals surface area contributed by atoms with Crippen molar-refractivity contribution in [3.63, 3.8) is 0 Å². The second kappa shape index (κ2) is 7.74. The van der Waals surface area contributed by atoms with E-state index in [0.29, 0.717) is 6.61 Å². The zero-order valence-corrected chi connectivity index (χ0v) is 15.6. The fraction of sp³-hybridized carbons (Fsp3) is 0.500. The van der Waals surface area contributed by atoms with Gasteiger partial charge in [-0.2, -0.15) is 0 Å². The van der Waals surface area contributed by atoms with E-state index in [0.717, 1.165) is 5.56 Å². The number of ether oxygens (including phenoxy) is 1. The van der Waals surface area contributed by atoms with Crippen LogP contribution in [0.2, 0.25) is 18.1 Å². The third kappa shape index (κ3) is 5.43. The summed E-state index contributed by atoms with van der Waals surface area (Å²) < 4.78 is 11.4. The molecule has 1 aromatic rings. The topological polar surface area (TPSA) is 35.5 Å².